The van der Waals surface area contributed by atoms with Crippen LogP contribution < -0.4 is 5.73 Å². The van der Waals surface area contributed by atoms with Crippen LogP contribution in [0.5, 0.6) is 0 Å². The maximum atomic E-state index is 9.48. The summed E-state index contributed by atoms with van der Waals surface area (Å²) in [6.07, 6.45) is -0.410. The first-order valence-corrected chi connectivity index (χ1v) is 6.33. The van der Waals surface area contributed by atoms with E-state index in [1.165, 1.54) is 11.8 Å². The van der Waals surface area contributed by atoms with Crippen molar-refractivity contribution < 1.29 is 5.11 Å². The van der Waals surface area contributed by atoms with Gasteiger partial charge < -0.3 is 10.8 Å². The quantitative estimate of drug-likeness (QED) is 0.815. The first-order valence-electron chi connectivity index (χ1n) is 5.45. The molecule has 3 N–H and O–H groups in total. The summed E-state index contributed by atoms with van der Waals surface area (Å²) in [5.41, 5.74) is 7.47. The van der Waals surface area contributed by atoms with Crippen LogP contribution in [0.15, 0.2) is 29.3 Å². The summed E-state index contributed by atoms with van der Waals surface area (Å²) in [4.78, 5) is 8.76. The normalized spacial score (nSPS) is 14.8. The van der Waals surface area contributed by atoms with E-state index in [0.29, 0.717) is 10.8 Å². The number of fused-ring (bicyclic) bond motifs is 1. The number of nitrogen functional groups attached to an aromatic ring is 1. The van der Waals surface area contributed by atoms with Crippen molar-refractivity contribution in [2.24, 2.45) is 0 Å². The van der Waals surface area contributed by atoms with E-state index in [2.05, 4.69) is 9.97 Å². The Kier molecular flexibility index (Phi) is 3.49. The third kappa shape index (κ3) is 2.68. The fourth-order valence-electron chi connectivity index (χ4n) is 1.36. The van der Waals surface area contributed by atoms with Crippen molar-refractivity contribution in [1.29, 1.82) is 0 Å². The summed E-state index contributed by atoms with van der Waals surface area (Å²) in [5.74, 6) is 0.418. The van der Waals surface area contributed by atoms with E-state index >= 15 is 0 Å². The summed E-state index contributed by atoms with van der Waals surface area (Å²) in [7, 11) is 0. The molecule has 0 aliphatic rings. The lowest BCUT2D eigenvalue weighted by molar-refractivity contribution is 0.196. The van der Waals surface area contributed by atoms with Crippen LogP contribution in [0.2, 0.25) is 0 Å². The van der Waals surface area contributed by atoms with Crippen molar-refractivity contribution in [1.82, 2.24) is 9.97 Å². The number of hydrogen-bond donors (Lipinski definition) is 2. The average molecular weight is 249 g/mol. The Morgan fingerprint density at radius 1 is 1.18 bits per heavy atom. The molecule has 0 amide bonds. The van der Waals surface area contributed by atoms with Gasteiger partial charge in [-0.15, -0.1) is 0 Å². The minimum Gasteiger partial charge on any atom is -0.392 e. The van der Waals surface area contributed by atoms with Crippen LogP contribution in [-0.4, -0.2) is 26.4 Å². The highest BCUT2D eigenvalue weighted by molar-refractivity contribution is 8.00. The van der Waals surface area contributed by atoms with E-state index in [9.17, 15) is 5.11 Å². The minimum absolute atomic E-state index is 0.0350. The average Bonchev–Trinajstić information content (AvgIpc) is 2.29. The fourth-order valence-corrected chi connectivity index (χ4v) is 2.23. The Hall–Kier alpha value is -1.33. The largest absolute Gasteiger partial charge is 0.392 e. The van der Waals surface area contributed by atoms with Gasteiger partial charge in [0.15, 0.2) is 5.82 Å². The Morgan fingerprint density at radius 2 is 1.76 bits per heavy atom. The van der Waals surface area contributed by atoms with Gasteiger partial charge in [-0.3, -0.25) is 0 Å². The first-order chi connectivity index (χ1) is 8.08. The lowest BCUT2D eigenvalue weighted by Gasteiger charge is -2.14. The highest BCUT2D eigenvalue weighted by atomic mass is 32.2. The number of nitrogens with two attached hydrogens (primary N) is 1. The molecule has 2 atom stereocenters. The molecule has 2 unspecified atom stereocenters. The molecule has 0 bridgehead atoms. The van der Waals surface area contributed by atoms with Gasteiger partial charge in [0.1, 0.15) is 5.03 Å². The van der Waals surface area contributed by atoms with Gasteiger partial charge in [0.25, 0.3) is 0 Å². The van der Waals surface area contributed by atoms with Gasteiger partial charge in [-0.05, 0) is 19.1 Å². The summed E-state index contributed by atoms with van der Waals surface area (Å²) in [5, 5.41) is 10.2. The van der Waals surface area contributed by atoms with E-state index in [1.54, 1.807) is 6.92 Å². The molecule has 1 heterocycles. The Labute approximate surface area is 104 Å². The number of anilines is 1. The van der Waals surface area contributed by atoms with E-state index in [4.69, 9.17) is 5.73 Å². The van der Waals surface area contributed by atoms with Gasteiger partial charge in [-0.25, -0.2) is 9.97 Å². The van der Waals surface area contributed by atoms with Gasteiger partial charge in [0, 0.05) is 5.25 Å². The second kappa shape index (κ2) is 4.89. The smallest absolute Gasteiger partial charge is 0.156 e. The third-order valence-corrected chi connectivity index (χ3v) is 3.83. The van der Waals surface area contributed by atoms with Gasteiger partial charge >= 0.3 is 0 Å². The summed E-state index contributed by atoms with van der Waals surface area (Å²) in [6, 6.07) is 7.60. The highest BCUT2D eigenvalue weighted by Crippen LogP contribution is 2.28. The minimum atomic E-state index is -0.410. The molecule has 1 aromatic heterocycles. The molecule has 0 aliphatic carbocycles. The molecule has 0 spiro atoms. The Bertz CT molecular complexity index is 530. The number of para-hydroxylation sites is 2. The van der Waals surface area contributed by atoms with Crippen molar-refractivity contribution in [2.75, 3.05) is 5.73 Å². The van der Waals surface area contributed by atoms with Crippen LogP contribution in [-0.2, 0) is 0 Å². The van der Waals surface area contributed by atoms with E-state index < -0.39 is 6.10 Å². The van der Waals surface area contributed by atoms with Crippen LogP contribution >= 0.6 is 11.8 Å². The van der Waals surface area contributed by atoms with Crippen LogP contribution in [0.25, 0.3) is 11.0 Å². The number of rotatable bonds is 3. The Morgan fingerprint density at radius 3 is 2.35 bits per heavy atom. The molecule has 1 aromatic carbocycles. The van der Waals surface area contributed by atoms with Crippen molar-refractivity contribution >= 4 is 28.6 Å². The maximum absolute atomic E-state index is 9.48. The fraction of sp³-hybridized carbons (Fsp3) is 0.333. The van der Waals surface area contributed by atoms with E-state index in [0.717, 1.165) is 11.0 Å². The van der Waals surface area contributed by atoms with Crippen molar-refractivity contribution in [3.63, 3.8) is 0 Å². The van der Waals surface area contributed by atoms with Crippen LogP contribution in [0.3, 0.4) is 0 Å². The molecule has 2 rings (SSSR count). The van der Waals surface area contributed by atoms with Gasteiger partial charge in [-0.2, -0.15) is 0 Å². The van der Waals surface area contributed by atoms with Gasteiger partial charge in [0.2, 0.25) is 0 Å². The highest BCUT2D eigenvalue weighted by Gasteiger charge is 2.14. The predicted octanol–water partition coefficient (Wildman–Crippen LogP) is 2.07. The van der Waals surface area contributed by atoms with E-state index in [1.807, 2.05) is 31.2 Å². The van der Waals surface area contributed by atoms with Gasteiger partial charge in [0.05, 0.1) is 17.1 Å². The van der Waals surface area contributed by atoms with Crippen molar-refractivity contribution in [3.05, 3.63) is 24.3 Å². The van der Waals surface area contributed by atoms with Crippen molar-refractivity contribution in [2.45, 2.75) is 30.2 Å². The Balaban J connectivity index is 2.37. The lowest BCUT2D eigenvalue weighted by atomic mass is 10.3. The summed E-state index contributed by atoms with van der Waals surface area (Å²) >= 11 is 1.44. The zero-order valence-corrected chi connectivity index (χ0v) is 10.6. The zero-order chi connectivity index (χ0) is 12.4. The summed E-state index contributed by atoms with van der Waals surface area (Å²) < 4.78 is 0. The molecule has 0 fully saturated rings. The summed E-state index contributed by atoms with van der Waals surface area (Å²) in [6.45, 7) is 3.69. The molecule has 17 heavy (non-hydrogen) atoms. The number of thioether (sulfide) groups is 1. The van der Waals surface area contributed by atoms with E-state index in [-0.39, 0.29) is 5.25 Å². The molecule has 4 nitrogen and oxygen atoms in total. The van der Waals surface area contributed by atoms with Gasteiger partial charge in [-0.1, -0.05) is 30.8 Å². The molecule has 0 aliphatic heterocycles. The topological polar surface area (TPSA) is 72.0 Å². The number of benzene rings is 1. The lowest BCUT2D eigenvalue weighted by Crippen LogP contribution is -2.15. The standard InChI is InChI=1S/C12H15N3OS/c1-7(16)8(2)17-12-11(13)14-9-5-3-4-6-10(9)15-12/h3-8,16H,1-2H3,(H2,13,14). The SMILES string of the molecule is CC(O)C(C)Sc1nc2ccccc2nc1N. The number of nitrogens with zero attached hydrogens (tertiary/aromatic N) is 2. The van der Waals surface area contributed by atoms with Crippen LogP contribution in [0.1, 0.15) is 13.8 Å². The molecule has 90 valence electrons. The number of aromatic nitrogens is 2. The second-order valence-electron chi connectivity index (χ2n) is 3.97. The molecule has 0 saturated heterocycles. The number of hydrogen-bond acceptors (Lipinski definition) is 5. The molecule has 0 radical (unpaired) electrons. The zero-order valence-electron chi connectivity index (χ0n) is 9.79. The molecule has 0 saturated carbocycles. The first kappa shape index (κ1) is 12.1. The molecular weight excluding hydrogens is 234 g/mol. The molecule has 2 aromatic rings. The molecular formula is C12H15N3OS. The number of aliphatic hydroxyl groups excluding tert-OH is 1. The number of aliphatic hydroxyl groups is 1. The van der Waals surface area contributed by atoms with Crippen molar-refractivity contribution in [3.8, 4) is 0 Å². The van der Waals surface area contributed by atoms with Crippen LogP contribution in [0.4, 0.5) is 5.82 Å². The third-order valence-electron chi connectivity index (χ3n) is 2.54. The van der Waals surface area contributed by atoms with Crippen LogP contribution in [0, 0.1) is 0 Å². The predicted molar refractivity (Wildman–Crippen MR) is 71.0 cm³/mol. The molecule has 5 heteroatoms. The monoisotopic (exact) mass is 249 g/mol. The second-order valence-corrected chi connectivity index (χ2v) is 5.33. The maximum Gasteiger partial charge on any atom is 0.156 e.